The first-order chi connectivity index (χ1) is 30.6. The Morgan fingerprint density at radius 1 is 0.500 bits per heavy atom. The summed E-state index contributed by atoms with van der Waals surface area (Å²) in [6, 6.07) is 26.5. The van der Waals surface area contributed by atoms with Gasteiger partial charge >= 0.3 is 0 Å². The summed E-state index contributed by atoms with van der Waals surface area (Å²) >= 11 is 0. The fourth-order valence-corrected chi connectivity index (χ4v) is 9.52. The zero-order valence-corrected chi connectivity index (χ0v) is 35.7. The Morgan fingerprint density at radius 3 is 1.27 bits per heavy atom. The molecule has 7 aromatic rings. The molecule has 64 heavy (non-hydrogen) atoms. The van der Waals surface area contributed by atoms with Crippen molar-refractivity contribution in [3.8, 4) is 61.8 Å². The number of aromatic amines is 2. The molecule has 8 N–H and O–H groups in total. The second kappa shape index (κ2) is 19.2. The molecule has 9 rings (SSSR count). The molecule has 5 heterocycles. The number of nitrogens with two attached hydrogens (primary N) is 1. The minimum Gasteiger partial charge on any atom is -0.508 e. The standard InChI is InChI=1S/C48H36F4N6O3S2.Ar/c49-44-43(45(50)47(52)48(46(44)51)54-19-21-63-62-20-18-53)42-37-16-14-35(57-37)40(26-5-2-8-29(60)23-26)33-12-10-31(55-33)39(25-4-1-7-28(59)22-25)32-11-13-34(56-32)41(36-15-17-38(42)58-36)27-6-3-9-30(61)24-27;/h1-17,22-24,54-55,58-61H,18-21,53H2;. The average molecular weight is 925 g/mol. The van der Waals surface area contributed by atoms with Gasteiger partial charge in [-0.05, 0) is 102 Å². The molecule has 0 radical (unpaired) electrons. The van der Waals surface area contributed by atoms with Gasteiger partial charge < -0.3 is 36.3 Å². The van der Waals surface area contributed by atoms with E-state index in [4.69, 9.17) is 15.7 Å². The summed E-state index contributed by atoms with van der Waals surface area (Å²) in [5.41, 5.74) is 9.42. The van der Waals surface area contributed by atoms with E-state index in [1.807, 2.05) is 24.3 Å². The molecule has 0 amide bonds. The van der Waals surface area contributed by atoms with Crippen molar-refractivity contribution in [2.75, 3.05) is 29.9 Å². The topological polar surface area (TPSA) is 156 Å². The van der Waals surface area contributed by atoms with Crippen molar-refractivity contribution >= 4 is 73.6 Å². The third kappa shape index (κ3) is 8.75. The molecule has 2 aliphatic rings. The third-order valence-electron chi connectivity index (χ3n) is 10.4. The van der Waals surface area contributed by atoms with Crippen LogP contribution < -0.4 is 11.1 Å². The van der Waals surface area contributed by atoms with Crippen LogP contribution in [-0.2, 0) is 0 Å². The number of phenolic OH excluding ortho intramolecular Hbond substituents is 3. The maximum absolute atomic E-state index is 16.6. The first-order valence-electron chi connectivity index (χ1n) is 19.7. The number of aromatic hydroxyl groups is 3. The second-order valence-corrected chi connectivity index (χ2v) is 17.2. The van der Waals surface area contributed by atoms with Gasteiger partial charge in [0.15, 0.2) is 23.3 Å². The summed E-state index contributed by atoms with van der Waals surface area (Å²) in [6.07, 6.45) is 6.71. The molecular formula is C48H36ArF4N6O3S2. The monoisotopic (exact) mass is 924 g/mol. The number of rotatable bonds is 11. The Morgan fingerprint density at radius 2 is 0.875 bits per heavy atom. The van der Waals surface area contributed by atoms with Crippen molar-refractivity contribution in [2.24, 2.45) is 5.73 Å². The fourth-order valence-electron chi connectivity index (χ4n) is 7.75. The number of hydrogen-bond acceptors (Lipinski definition) is 9. The van der Waals surface area contributed by atoms with E-state index < -0.39 is 34.5 Å². The maximum atomic E-state index is 16.6. The van der Waals surface area contributed by atoms with E-state index in [1.54, 1.807) is 72.8 Å². The van der Waals surface area contributed by atoms with Crippen molar-refractivity contribution in [2.45, 2.75) is 0 Å². The van der Waals surface area contributed by atoms with E-state index in [2.05, 4.69) is 15.3 Å². The maximum Gasteiger partial charge on any atom is 0.185 e. The Kier molecular flexibility index (Phi) is 13.5. The molecule has 8 bridgehead atoms. The average Bonchev–Trinajstić information content (AvgIpc) is 4.12. The van der Waals surface area contributed by atoms with Gasteiger partial charge in [0, 0.05) is 107 Å². The van der Waals surface area contributed by atoms with Crippen LogP contribution in [0.3, 0.4) is 0 Å². The third-order valence-corrected chi connectivity index (χ3v) is 12.9. The molecule has 2 aliphatic heterocycles. The van der Waals surface area contributed by atoms with E-state index in [9.17, 15) is 15.3 Å². The van der Waals surface area contributed by atoms with E-state index in [1.165, 1.54) is 45.9 Å². The number of H-pyrrole nitrogens is 2. The molecule has 0 saturated heterocycles. The molecule has 16 heteroatoms. The summed E-state index contributed by atoms with van der Waals surface area (Å²) in [7, 11) is 2.88. The van der Waals surface area contributed by atoms with Gasteiger partial charge in [0.25, 0.3) is 0 Å². The molecule has 0 fully saturated rings. The molecule has 0 unspecified atom stereocenters. The minimum atomic E-state index is -1.63. The van der Waals surface area contributed by atoms with Gasteiger partial charge in [0.2, 0.25) is 0 Å². The van der Waals surface area contributed by atoms with Crippen LogP contribution in [0.1, 0.15) is 22.8 Å². The molecule has 0 saturated carbocycles. The summed E-state index contributed by atoms with van der Waals surface area (Å²) in [5.74, 6) is -5.46. The normalized spacial score (nSPS) is 11.8. The number of phenols is 3. The predicted molar refractivity (Wildman–Crippen MR) is 248 cm³/mol. The van der Waals surface area contributed by atoms with Crippen LogP contribution >= 0.6 is 21.6 Å². The molecule has 3 aromatic heterocycles. The van der Waals surface area contributed by atoms with Crippen LogP contribution in [0.5, 0.6) is 17.2 Å². The van der Waals surface area contributed by atoms with Crippen molar-refractivity contribution in [3.05, 3.63) is 143 Å². The summed E-state index contributed by atoms with van der Waals surface area (Å²) < 4.78 is 65.5. The number of aromatic nitrogens is 4. The second-order valence-electron chi connectivity index (χ2n) is 14.5. The van der Waals surface area contributed by atoms with Gasteiger partial charge in [-0.2, -0.15) is 0 Å². The minimum absolute atomic E-state index is 0. The zero-order valence-electron chi connectivity index (χ0n) is 33.4. The number of halogens is 4. The van der Waals surface area contributed by atoms with Gasteiger partial charge in [0.05, 0.1) is 28.3 Å². The molecule has 0 aliphatic carbocycles. The number of nitrogens with one attached hydrogen (secondary N) is 3. The first-order valence-corrected chi connectivity index (χ1v) is 22.2. The van der Waals surface area contributed by atoms with Gasteiger partial charge in [-0.1, -0.05) is 58.0 Å². The van der Waals surface area contributed by atoms with Crippen molar-refractivity contribution in [3.63, 3.8) is 0 Å². The molecule has 0 spiro atoms. The van der Waals surface area contributed by atoms with Crippen molar-refractivity contribution in [1.29, 1.82) is 0 Å². The van der Waals surface area contributed by atoms with Crippen LogP contribution in [0, 0.1) is 61.0 Å². The summed E-state index contributed by atoms with van der Waals surface area (Å²) in [4.78, 5) is 16.7. The predicted octanol–water partition coefficient (Wildman–Crippen LogP) is 11.7. The SMILES string of the molecule is NCCSSCCNc1c(F)c(F)c(-c2c3nc(c(-c4cccc(O)c4)c4ccc([nH]4)c(-c4cccc(O)c4)c4nc(c(-c5cccc(O)c5)c5ccc2[nH]5)C=C4)C=C3)c(F)c1F.[Ar]. The van der Waals surface area contributed by atoms with Crippen LogP contribution in [0.25, 0.3) is 90.9 Å². The Hall–Kier alpha value is -5.68. The van der Waals surface area contributed by atoms with Gasteiger partial charge in [0.1, 0.15) is 22.9 Å². The van der Waals surface area contributed by atoms with Gasteiger partial charge in [-0.15, -0.1) is 0 Å². The number of hydrogen-bond donors (Lipinski definition) is 7. The van der Waals surface area contributed by atoms with Crippen molar-refractivity contribution < 1.29 is 70.6 Å². The van der Waals surface area contributed by atoms with E-state index in [0.29, 0.717) is 85.1 Å². The summed E-state index contributed by atoms with van der Waals surface area (Å²) in [5, 5.41) is 34.4. The first kappa shape index (κ1) is 44.9. The molecule has 0 atom stereocenters. The number of nitrogens with zero attached hydrogens (tertiary/aromatic N) is 2. The quantitative estimate of drug-likeness (QED) is 0.0290. The van der Waals surface area contributed by atoms with E-state index in [-0.39, 0.29) is 78.3 Å². The molecule has 4 aromatic carbocycles. The van der Waals surface area contributed by atoms with Crippen LogP contribution in [0.15, 0.2) is 97.1 Å². The van der Waals surface area contributed by atoms with Crippen LogP contribution in [0.4, 0.5) is 23.2 Å². The number of anilines is 1. The van der Waals surface area contributed by atoms with Crippen LogP contribution in [0.2, 0.25) is 0 Å². The fraction of sp³-hybridized carbons (Fsp3) is 0.0833. The zero-order chi connectivity index (χ0) is 43.8. The van der Waals surface area contributed by atoms with Crippen LogP contribution in [-0.4, -0.2) is 59.9 Å². The molecule has 9 nitrogen and oxygen atoms in total. The Balaban J connectivity index is 0.00000560. The largest absolute Gasteiger partial charge is 0.508 e. The number of fused-ring (bicyclic) bond motifs is 8. The van der Waals surface area contributed by atoms with Gasteiger partial charge in [-0.3, -0.25) is 0 Å². The molecular weight excluding hydrogens is 889 g/mol. The Labute approximate surface area is 401 Å². The number of benzene rings is 4. The Bertz CT molecular complexity index is 3120. The smallest absolute Gasteiger partial charge is 0.185 e. The van der Waals surface area contributed by atoms with E-state index in [0.717, 1.165) is 0 Å². The van der Waals surface area contributed by atoms with Crippen molar-refractivity contribution in [1.82, 2.24) is 19.9 Å². The molecule has 324 valence electrons. The van der Waals surface area contributed by atoms with Gasteiger partial charge in [-0.25, -0.2) is 27.5 Å². The van der Waals surface area contributed by atoms with E-state index >= 15 is 17.6 Å². The summed E-state index contributed by atoms with van der Waals surface area (Å²) in [6.45, 7) is 0.474.